The molecule has 0 aliphatic carbocycles. The number of aromatic nitrogens is 3. The summed E-state index contributed by atoms with van der Waals surface area (Å²) in [4.78, 5) is 12.5. The molecule has 1 aromatic carbocycles. The number of carbonyl (C=O) groups excluding carboxylic acids is 1. The van der Waals surface area contributed by atoms with Gasteiger partial charge in [0.25, 0.3) is 5.91 Å². The van der Waals surface area contributed by atoms with Crippen LogP contribution in [0.5, 0.6) is 0 Å². The van der Waals surface area contributed by atoms with Gasteiger partial charge in [-0.05, 0) is 48.5 Å². The third kappa shape index (κ3) is 4.09. The van der Waals surface area contributed by atoms with E-state index in [1.165, 1.54) is 36.3 Å². The van der Waals surface area contributed by atoms with Crippen molar-refractivity contribution in [3.05, 3.63) is 47.0 Å². The van der Waals surface area contributed by atoms with Crippen molar-refractivity contribution < 1.29 is 4.79 Å². The molecule has 1 saturated heterocycles. The number of hydrogen-bond donors (Lipinski definition) is 1. The first-order valence-electron chi connectivity index (χ1n) is 9.33. The summed E-state index contributed by atoms with van der Waals surface area (Å²) >= 11 is 4.00. The Bertz CT molecular complexity index is 753. The quantitative estimate of drug-likeness (QED) is 0.863. The van der Waals surface area contributed by atoms with E-state index in [1.54, 1.807) is 0 Å². The lowest BCUT2D eigenvalue weighted by Gasteiger charge is -2.21. The smallest absolute Gasteiger partial charge is 0.251 e. The number of hydrogen-bond acceptors (Lipinski definition) is 5. The van der Waals surface area contributed by atoms with E-state index in [0.717, 1.165) is 31.0 Å². The van der Waals surface area contributed by atoms with E-state index in [9.17, 15) is 4.79 Å². The van der Waals surface area contributed by atoms with Crippen LogP contribution in [0, 0.1) is 0 Å². The molecule has 26 heavy (non-hydrogen) atoms. The number of carbonyl (C=O) groups is 1. The van der Waals surface area contributed by atoms with Crippen LogP contribution in [0.2, 0.25) is 0 Å². The highest BCUT2D eigenvalue weighted by Crippen LogP contribution is 2.43. The first kappa shape index (κ1) is 17.9. The second-order valence-corrected chi connectivity index (χ2v) is 9.45. The van der Waals surface area contributed by atoms with E-state index in [-0.39, 0.29) is 5.91 Å². The molecule has 138 valence electrons. The Morgan fingerprint density at radius 3 is 2.69 bits per heavy atom. The molecule has 0 bridgehead atoms. The largest absolute Gasteiger partial charge is 0.345 e. The summed E-state index contributed by atoms with van der Waals surface area (Å²) < 4.78 is 2.68. The van der Waals surface area contributed by atoms with Gasteiger partial charge >= 0.3 is 0 Å². The van der Waals surface area contributed by atoms with E-state index >= 15 is 0 Å². The fourth-order valence-corrected chi connectivity index (χ4v) is 6.30. The molecule has 1 N–H and O–H groups in total. The average molecular weight is 389 g/mol. The highest BCUT2D eigenvalue weighted by Gasteiger charge is 2.18. The van der Waals surface area contributed by atoms with Crippen LogP contribution in [-0.2, 0) is 19.5 Å². The SMILES string of the molecule is O=C(NCc1nnc2n1CCCCC2)c1ccc(C2SCCCS2)cc1. The second kappa shape index (κ2) is 8.48. The first-order chi connectivity index (χ1) is 12.8. The zero-order valence-electron chi connectivity index (χ0n) is 14.8. The predicted molar refractivity (Wildman–Crippen MR) is 107 cm³/mol. The summed E-state index contributed by atoms with van der Waals surface area (Å²) in [7, 11) is 0. The van der Waals surface area contributed by atoms with Gasteiger partial charge in [0.2, 0.25) is 0 Å². The molecule has 0 saturated carbocycles. The summed E-state index contributed by atoms with van der Waals surface area (Å²) in [5.74, 6) is 4.32. The second-order valence-electron chi connectivity index (χ2n) is 6.73. The number of fused-ring (bicyclic) bond motifs is 1. The minimum absolute atomic E-state index is 0.0496. The molecule has 2 aliphatic heterocycles. The molecule has 2 aromatic rings. The average Bonchev–Trinajstić information content (AvgIpc) is 2.93. The van der Waals surface area contributed by atoms with Gasteiger partial charge in [-0.1, -0.05) is 18.6 Å². The van der Waals surface area contributed by atoms with Gasteiger partial charge in [0.05, 0.1) is 11.1 Å². The molecular formula is C19H24N4OS2. The number of nitrogens with zero attached hydrogens (tertiary/aromatic N) is 3. The van der Waals surface area contributed by atoms with Crippen LogP contribution >= 0.6 is 23.5 Å². The summed E-state index contributed by atoms with van der Waals surface area (Å²) in [5.41, 5.74) is 2.01. The van der Waals surface area contributed by atoms with E-state index < -0.39 is 0 Å². The lowest BCUT2D eigenvalue weighted by molar-refractivity contribution is 0.0949. The highest BCUT2D eigenvalue weighted by molar-refractivity contribution is 8.16. The van der Waals surface area contributed by atoms with Crippen LogP contribution in [0.1, 0.15) is 57.8 Å². The van der Waals surface area contributed by atoms with Crippen molar-refractivity contribution in [3.63, 3.8) is 0 Å². The molecule has 0 spiro atoms. The summed E-state index contributed by atoms with van der Waals surface area (Å²) in [6.45, 7) is 1.39. The molecule has 4 rings (SSSR count). The van der Waals surface area contributed by atoms with Gasteiger partial charge in [0.15, 0.2) is 5.82 Å². The maximum absolute atomic E-state index is 12.5. The van der Waals surface area contributed by atoms with Gasteiger partial charge in [-0.3, -0.25) is 4.79 Å². The molecule has 1 aromatic heterocycles. The molecule has 0 unspecified atom stereocenters. The lowest BCUT2D eigenvalue weighted by Crippen LogP contribution is -2.25. The third-order valence-corrected chi connectivity index (χ3v) is 7.88. The summed E-state index contributed by atoms with van der Waals surface area (Å²) in [6, 6.07) is 8.05. The Morgan fingerprint density at radius 1 is 1.08 bits per heavy atom. The number of benzene rings is 1. The number of nitrogens with one attached hydrogen (secondary N) is 1. The van der Waals surface area contributed by atoms with Crippen molar-refractivity contribution in [2.45, 2.75) is 49.8 Å². The molecule has 1 fully saturated rings. The van der Waals surface area contributed by atoms with Crippen molar-refractivity contribution in [2.24, 2.45) is 0 Å². The van der Waals surface area contributed by atoms with E-state index in [4.69, 9.17) is 0 Å². The van der Waals surface area contributed by atoms with Gasteiger partial charge in [-0.15, -0.1) is 33.7 Å². The van der Waals surface area contributed by atoms with Gasteiger partial charge in [-0.25, -0.2) is 0 Å². The van der Waals surface area contributed by atoms with Crippen LogP contribution < -0.4 is 5.32 Å². The third-order valence-electron chi connectivity index (χ3n) is 4.87. The normalized spacial score (nSPS) is 18.2. The number of amides is 1. The fourth-order valence-electron chi connectivity index (χ4n) is 3.41. The van der Waals surface area contributed by atoms with Crippen molar-refractivity contribution in [2.75, 3.05) is 11.5 Å². The van der Waals surface area contributed by atoms with Crippen LogP contribution in [0.3, 0.4) is 0 Å². The van der Waals surface area contributed by atoms with E-state index in [1.807, 2.05) is 35.7 Å². The fraction of sp³-hybridized carbons (Fsp3) is 0.526. The highest BCUT2D eigenvalue weighted by atomic mass is 32.2. The predicted octanol–water partition coefficient (Wildman–Crippen LogP) is 3.80. The molecule has 0 atom stereocenters. The van der Waals surface area contributed by atoms with Crippen LogP contribution in [-0.4, -0.2) is 32.2 Å². The zero-order chi connectivity index (χ0) is 17.8. The first-order valence-corrected chi connectivity index (χ1v) is 11.4. The molecule has 7 heteroatoms. The Morgan fingerprint density at radius 2 is 1.88 bits per heavy atom. The van der Waals surface area contributed by atoms with E-state index in [2.05, 4.69) is 32.2 Å². The van der Waals surface area contributed by atoms with Crippen LogP contribution in [0.15, 0.2) is 24.3 Å². The minimum atomic E-state index is -0.0496. The maximum atomic E-state index is 12.5. The van der Waals surface area contributed by atoms with Crippen molar-refractivity contribution in [1.82, 2.24) is 20.1 Å². The Balaban J connectivity index is 1.37. The zero-order valence-corrected chi connectivity index (χ0v) is 16.5. The lowest BCUT2D eigenvalue weighted by atomic mass is 10.1. The molecule has 0 radical (unpaired) electrons. The topological polar surface area (TPSA) is 59.8 Å². The molecule has 2 aliphatic rings. The van der Waals surface area contributed by atoms with Crippen molar-refractivity contribution in [1.29, 1.82) is 0 Å². The Labute approximate surface area is 162 Å². The number of rotatable bonds is 4. The van der Waals surface area contributed by atoms with Gasteiger partial charge in [0.1, 0.15) is 5.82 Å². The maximum Gasteiger partial charge on any atom is 0.251 e. The van der Waals surface area contributed by atoms with Crippen molar-refractivity contribution >= 4 is 29.4 Å². The standard InChI is InChI=1S/C19H24N4OS2/c24-18(14-6-8-15(9-7-14)19-25-11-4-12-26-19)20-13-17-22-21-16-5-2-1-3-10-23(16)17/h6-9,19H,1-5,10-13H2,(H,20,24). The van der Waals surface area contributed by atoms with Crippen LogP contribution in [0.25, 0.3) is 0 Å². The van der Waals surface area contributed by atoms with Gasteiger partial charge in [-0.2, -0.15) is 0 Å². The molecule has 5 nitrogen and oxygen atoms in total. The molecule has 1 amide bonds. The van der Waals surface area contributed by atoms with Gasteiger partial charge in [0, 0.05) is 18.5 Å². The summed E-state index contributed by atoms with van der Waals surface area (Å²) in [6.07, 6.45) is 5.84. The Kier molecular flexibility index (Phi) is 5.84. The number of aryl methyl sites for hydroxylation is 1. The van der Waals surface area contributed by atoms with Crippen molar-refractivity contribution in [3.8, 4) is 0 Å². The summed E-state index contributed by atoms with van der Waals surface area (Å²) in [5, 5.41) is 11.6. The molecule has 3 heterocycles. The number of thioether (sulfide) groups is 2. The van der Waals surface area contributed by atoms with Crippen LogP contribution in [0.4, 0.5) is 0 Å². The van der Waals surface area contributed by atoms with Gasteiger partial charge < -0.3 is 9.88 Å². The molecular weight excluding hydrogens is 364 g/mol. The minimum Gasteiger partial charge on any atom is -0.345 e. The van der Waals surface area contributed by atoms with E-state index in [0.29, 0.717) is 16.7 Å². The Hall–Kier alpha value is -1.47. The monoisotopic (exact) mass is 388 g/mol.